The van der Waals surface area contributed by atoms with Gasteiger partial charge in [0, 0.05) is 37.0 Å². The highest BCUT2D eigenvalue weighted by molar-refractivity contribution is 7.90. The average molecular weight is 527 g/mol. The average Bonchev–Trinajstić information content (AvgIpc) is 3.05. The number of amides is 1. The van der Waals surface area contributed by atoms with Crippen LogP contribution in [0, 0.1) is 6.92 Å². The molecule has 0 saturated carbocycles. The first-order chi connectivity index (χ1) is 16.3. The zero-order chi connectivity index (χ0) is 26.0. The van der Waals surface area contributed by atoms with Crippen LogP contribution in [-0.4, -0.2) is 49.4 Å². The number of nitrogens with zero attached hydrogens (tertiary/aromatic N) is 2. The maximum Gasteiger partial charge on any atom is 0.431 e. The molecule has 0 atom stereocenters. The number of alkyl halides is 3. The minimum absolute atomic E-state index is 0.0661. The molecule has 0 spiro atoms. The summed E-state index contributed by atoms with van der Waals surface area (Å²) >= 11 is 5.99. The summed E-state index contributed by atoms with van der Waals surface area (Å²) in [5, 5.41) is 0.414. The summed E-state index contributed by atoms with van der Waals surface area (Å²) in [6.45, 7) is 1.26. The van der Waals surface area contributed by atoms with E-state index in [2.05, 4.69) is 0 Å². The van der Waals surface area contributed by atoms with Crippen molar-refractivity contribution in [1.82, 2.24) is 9.47 Å². The molecule has 0 aliphatic carbocycles. The van der Waals surface area contributed by atoms with Gasteiger partial charge in [0.05, 0.1) is 5.75 Å². The largest absolute Gasteiger partial charge is 0.431 e. The zero-order valence-electron chi connectivity index (χ0n) is 19.6. The van der Waals surface area contributed by atoms with E-state index in [9.17, 15) is 26.4 Å². The van der Waals surface area contributed by atoms with E-state index in [4.69, 9.17) is 11.6 Å². The maximum atomic E-state index is 14.3. The van der Waals surface area contributed by atoms with Crippen LogP contribution < -0.4 is 0 Å². The van der Waals surface area contributed by atoms with Crippen molar-refractivity contribution in [2.45, 2.75) is 26.1 Å². The number of benzene rings is 2. The topological polar surface area (TPSA) is 59.4 Å². The molecule has 0 unspecified atom stereocenters. The Morgan fingerprint density at radius 3 is 2.20 bits per heavy atom. The van der Waals surface area contributed by atoms with Crippen LogP contribution in [-0.2, 0) is 22.6 Å². The SMILES string of the molecule is Cc1c(-c2ccc(Cl)cc2)c(C(=O)N(C)CCCS(C)(=O)=O)n(Cc2ccccc2)c1C(F)(F)F. The van der Waals surface area contributed by atoms with Crippen LogP contribution in [0.5, 0.6) is 0 Å². The lowest BCUT2D eigenvalue weighted by Gasteiger charge is -2.21. The fourth-order valence-electron chi connectivity index (χ4n) is 4.07. The van der Waals surface area contributed by atoms with Crippen LogP contribution in [0.25, 0.3) is 11.1 Å². The lowest BCUT2D eigenvalue weighted by atomic mass is 10.00. The number of carbonyl (C=O) groups is 1. The van der Waals surface area contributed by atoms with Gasteiger partial charge in [0.1, 0.15) is 21.2 Å². The normalized spacial score (nSPS) is 12.1. The third-order valence-electron chi connectivity index (χ3n) is 5.65. The van der Waals surface area contributed by atoms with Gasteiger partial charge in [-0.2, -0.15) is 13.2 Å². The number of hydrogen-bond acceptors (Lipinski definition) is 3. The Bertz CT molecular complexity index is 1300. The summed E-state index contributed by atoms with van der Waals surface area (Å²) in [6.07, 6.45) is -3.45. The molecule has 35 heavy (non-hydrogen) atoms. The van der Waals surface area contributed by atoms with Crippen molar-refractivity contribution in [3.63, 3.8) is 0 Å². The van der Waals surface area contributed by atoms with E-state index in [1.807, 2.05) is 0 Å². The van der Waals surface area contributed by atoms with Gasteiger partial charge >= 0.3 is 6.18 Å². The molecule has 0 aliphatic rings. The fourth-order valence-corrected chi connectivity index (χ4v) is 4.85. The Morgan fingerprint density at radius 1 is 1.06 bits per heavy atom. The van der Waals surface area contributed by atoms with Crippen molar-refractivity contribution in [2.24, 2.45) is 0 Å². The molecule has 0 N–H and O–H groups in total. The van der Waals surface area contributed by atoms with Crippen LogP contribution in [0.4, 0.5) is 13.2 Å². The quantitative estimate of drug-likeness (QED) is 0.379. The van der Waals surface area contributed by atoms with Gasteiger partial charge in [-0.25, -0.2) is 8.42 Å². The molecule has 3 rings (SSSR count). The first-order valence-corrected chi connectivity index (χ1v) is 13.3. The van der Waals surface area contributed by atoms with Gasteiger partial charge in [-0.15, -0.1) is 0 Å². The molecule has 5 nitrogen and oxygen atoms in total. The summed E-state index contributed by atoms with van der Waals surface area (Å²) in [5.74, 6) is -0.759. The van der Waals surface area contributed by atoms with Gasteiger partial charge in [-0.1, -0.05) is 54.1 Å². The highest BCUT2D eigenvalue weighted by atomic mass is 35.5. The van der Waals surface area contributed by atoms with Crippen LogP contribution in [0.2, 0.25) is 5.02 Å². The molecule has 0 aliphatic heterocycles. The fraction of sp³-hybridized carbons (Fsp3) is 0.320. The summed E-state index contributed by atoms with van der Waals surface area (Å²) in [7, 11) is -1.78. The summed E-state index contributed by atoms with van der Waals surface area (Å²) in [5.41, 5.74) is 0.122. The van der Waals surface area contributed by atoms with Gasteiger partial charge in [0.2, 0.25) is 0 Å². The van der Waals surface area contributed by atoms with Crippen molar-refractivity contribution in [3.8, 4) is 11.1 Å². The number of aromatic nitrogens is 1. The van der Waals surface area contributed by atoms with Crippen molar-refractivity contribution in [2.75, 3.05) is 25.6 Å². The Balaban J connectivity index is 2.21. The zero-order valence-corrected chi connectivity index (χ0v) is 21.1. The minimum Gasteiger partial charge on any atom is -0.340 e. The molecule has 2 aromatic carbocycles. The molecule has 1 aromatic heterocycles. The number of halogens is 4. The van der Waals surface area contributed by atoms with E-state index in [0.717, 1.165) is 10.8 Å². The minimum atomic E-state index is -4.71. The van der Waals surface area contributed by atoms with Gasteiger partial charge in [0.25, 0.3) is 5.91 Å². The Kier molecular flexibility index (Phi) is 8.01. The molecule has 3 aromatic rings. The lowest BCUT2D eigenvalue weighted by molar-refractivity contribution is -0.143. The number of carbonyl (C=O) groups excluding carboxylic acids is 1. The second kappa shape index (κ2) is 10.5. The van der Waals surface area contributed by atoms with Crippen molar-refractivity contribution >= 4 is 27.3 Å². The highest BCUT2D eigenvalue weighted by Crippen LogP contribution is 2.42. The lowest BCUT2D eigenvalue weighted by Crippen LogP contribution is -2.32. The number of sulfone groups is 1. The molecule has 0 fully saturated rings. The van der Waals surface area contributed by atoms with Gasteiger partial charge in [-0.3, -0.25) is 4.79 Å². The van der Waals surface area contributed by atoms with Crippen LogP contribution in [0.3, 0.4) is 0 Å². The molecule has 1 heterocycles. The predicted octanol–water partition coefficient (Wildman–Crippen LogP) is 5.69. The van der Waals surface area contributed by atoms with E-state index in [0.29, 0.717) is 16.1 Å². The molecular formula is C25H26ClF3N2O3S. The van der Waals surface area contributed by atoms with Crippen LogP contribution in [0.1, 0.15) is 33.7 Å². The van der Waals surface area contributed by atoms with Gasteiger partial charge < -0.3 is 9.47 Å². The Hall–Kier alpha value is -2.78. The molecular weight excluding hydrogens is 501 g/mol. The molecule has 188 valence electrons. The smallest absolute Gasteiger partial charge is 0.340 e. The third kappa shape index (κ3) is 6.46. The van der Waals surface area contributed by atoms with Crippen molar-refractivity contribution in [3.05, 3.63) is 82.1 Å². The third-order valence-corrected chi connectivity index (χ3v) is 6.93. The van der Waals surface area contributed by atoms with Crippen LogP contribution >= 0.6 is 11.6 Å². The summed E-state index contributed by atoms with van der Waals surface area (Å²) in [4.78, 5) is 14.9. The van der Waals surface area contributed by atoms with Gasteiger partial charge in [-0.05, 0) is 42.2 Å². The van der Waals surface area contributed by atoms with Crippen LogP contribution in [0.15, 0.2) is 54.6 Å². The predicted molar refractivity (Wildman–Crippen MR) is 131 cm³/mol. The number of hydrogen-bond donors (Lipinski definition) is 0. The van der Waals surface area contributed by atoms with E-state index in [1.165, 1.54) is 18.9 Å². The maximum absolute atomic E-state index is 14.3. The standard InChI is InChI=1S/C25H26ClF3N2O3S/c1-17-21(19-10-12-20(26)13-11-19)22(24(32)30(2)14-7-15-35(3,33)34)31(23(17)25(27,28)29)16-18-8-5-4-6-9-18/h4-6,8-13H,7,14-16H2,1-3H3. The first kappa shape index (κ1) is 26.8. The molecule has 0 radical (unpaired) electrons. The Morgan fingerprint density at radius 2 is 1.66 bits per heavy atom. The summed E-state index contributed by atoms with van der Waals surface area (Å²) in [6, 6.07) is 14.9. The van der Waals surface area contributed by atoms with Crippen molar-refractivity contribution < 1.29 is 26.4 Å². The number of rotatable bonds is 8. The monoisotopic (exact) mass is 526 g/mol. The second-order valence-corrected chi connectivity index (χ2v) is 11.2. The summed E-state index contributed by atoms with van der Waals surface area (Å²) < 4.78 is 67.1. The van der Waals surface area contributed by atoms with E-state index >= 15 is 0 Å². The van der Waals surface area contributed by atoms with Gasteiger partial charge in [0.15, 0.2) is 0 Å². The highest BCUT2D eigenvalue weighted by Gasteiger charge is 2.41. The first-order valence-electron chi connectivity index (χ1n) is 10.8. The molecule has 10 heteroatoms. The van der Waals surface area contributed by atoms with E-state index in [-0.39, 0.29) is 42.1 Å². The van der Waals surface area contributed by atoms with Crippen molar-refractivity contribution in [1.29, 1.82) is 0 Å². The molecule has 0 saturated heterocycles. The van der Waals surface area contributed by atoms with E-state index < -0.39 is 27.6 Å². The molecule has 0 bridgehead atoms. The van der Waals surface area contributed by atoms with E-state index in [1.54, 1.807) is 54.6 Å². The second-order valence-electron chi connectivity index (χ2n) is 8.48. The Labute approximate surface area is 208 Å². The molecule has 1 amide bonds.